The summed E-state index contributed by atoms with van der Waals surface area (Å²) in [5, 5.41) is 0. The molecule has 1 amide bonds. The third-order valence-electron chi connectivity index (χ3n) is 2.73. The van der Waals surface area contributed by atoms with Gasteiger partial charge in [-0.15, -0.1) is 0 Å². The summed E-state index contributed by atoms with van der Waals surface area (Å²) in [6, 6.07) is 0. The van der Waals surface area contributed by atoms with Crippen LogP contribution in [0.25, 0.3) is 0 Å². The van der Waals surface area contributed by atoms with Gasteiger partial charge >= 0.3 is 5.97 Å². The zero-order valence-electron chi connectivity index (χ0n) is 10.6. The summed E-state index contributed by atoms with van der Waals surface area (Å²) in [7, 11) is 0. The standard InChI is InChI=1S/C12H21NO4/c1-3-11(14)13(9-12(15)16-4-2)8-10-6-5-7-17-10/h10H,3-9H2,1-2H3/t10-/m0/s1. The Hall–Kier alpha value is -1.10. The van der Waals surface area contributed by atoms with Gasteiger partial charge in [-0.2, -0.15) is 0 Å². The molecule has 98 valence electrons. The Kier molecular flexibility index (Phi) is 5.97. The summed E-state index contributed by atoms with van der Waals surface area (Å²) in [4.78, 5) is 24.6. The van der Waals surface area contributed by atoms with Crippen LogP contribution >= 0.6 is 0 Å². The highest BCUT2D eigenvalue weighted by Crippen LogP contribution is 2.13. The van der Waals surface area contributed by atoms with Gasteiger partial charge in [-0.3, -0.25) is 9.59 Å². The summed E-state index contributed by atoms with van der Waals surface area (Å²) in [6.45, 7) is 5.15. The maximum absolute atomic E-state index is 11.7. The number of carbonyl (C=O) groups excluding carboxylic acids is 2. The molecule has 5 heteroatoms. The van der Waals surface area contributed by atoms with E-state index in [0.29, 0.717) is 19.6 Å². The van der Waals surface area contributed by atoms with Crippen molar-refractivity contribution in [1.82, 2.24) is 4.90 Å². The number of ether oxygens (including phenoxy) is 2. The molecule has 0 N–H and O–H groups in total. The summed E-state index contributed by atoms with van der Waals surface area (Å²) >= 11 is 0. The number of carbonyl (C=O) groups is 2. The van der Waals surface area contributed by atoms with Crippen LogP contribution in [0.5, 0.6) is 0 Å². The number of rotatable bonds is 6. The minimum Gasteiger partial charge on any atom is -0.465 e. The number of amides is 1. The second-order valence-electron chi connectivity index (χ2n) is 4.07. The van der Waals surface area contributed by atoms with E-state index < -0.39 is 0 Å². The largest absolute Gasteiger partial charge is 0.465 e. The monoisotopic (exact) mass is 243 g/mol. The molecule has 1 rings (SSSR count). The zero-order valence-corrected chi connectivity index (χ0v) is 10.6. The lowest BCUT2D eigenvalue weighted by atomic mass is 10.2. The van der Waals surface area contributed by atoms with Crippen LogP contribution in [0.4, 0.5) is 0 Å². The van der Waals surface area contributed by atoms with Crippen molar-refractivity contribution in [1.29, 1.82) is 0 Å². The fourth-order valence-corrected chi connectivity index (χ4v) is 1.87. The maximum atomic E-state index is 11.7. The van der Waals surface area contributed by atoms with E-state index >= 15 is 0 Å². The predicted octanol–water partition coefficient (Wildman–Crippen LogP) is 0.967. The maximum Gasteiger partial charge on any atom is 0.325 e. The second kappa shape index (κ2) is 7.27. The van der Waals surface area contributed by atoms with Crippen molar-refractivity contribution >= 4 is 11.9 Å². The SMILES string of the molecule is CCOC(=O)CN(C[C@@H]1CCCO1)C(=O)CC. The zero-order chi connectivity index (χ0) is 12.7. The van der Waals surface area contributed by atoms with Crippen LogP contribution in [-0.4, -0.2) is 49.2 Å². The van der Waals surface area contributed by atoms with Crippen LogP contribution in [0.2, 0.25) is 0 Å². The van der Waals surface area contributed by atoms with Crippen molar-refractivity contribution in [2.75, 3.05) is 26.3 Å². The van der Waals surface area contributed by atoms with Gasteiger partial charge in [-0.1, -0.05) is 6.92 Å². The molecule has 5 nitrogen and oxygen atoms in total. The van der Waals surface area contributed by atoms with Gasteiger partial charge in [0.05, 0.1) is 12.7 Å². The average Bonchev–Trinajstić information content (AvgIpc) is 2.80. The van der Waals surface area contributed by atoms with E-state index in [4.69, 9.17) is 9.47 Å². The number of nitrogens with zero attached hydrogens (tertiary/aromatic N) is 1. The molecule has 0 aliphatic carbocycles. The second-order valence-corrected chi connectivity index (χ2v) is 4.07. The minimum atomic E-state index is -0.354. The van der Waals surface area contributed by atoms with Gasteiger partial charge in [0.1, 0.15) is 6.54 Å². The molecule has 0 radical (unpaired) electrons. The van der Waals surface area contributed by atoms with Crippen molar-refractivity contribution in [3.8, 4) is 0 Å². The molecule has 1 aliphatic rings. The highest BCUT2D eigenvalue weighted by atomic mass is 16.5. The van der Waals surface area contributed by atoms with Gasteiger partial charge in [0, 0.05) is 19.6 Å². The molecular weight excluding hydrogens is 222 g/mol. The Morgan fingerprint density at radius 2 is 2.18 bits per heavy atom. The Bertz CT molecular complexity index is 261. The van der Waals surface area contributed by atoms with E-state index in [-0.39, 0.29) is 24.5 Å². The lowest BCUT2D eigenvalue weighted by Crippen LogP contribution is -2.40. The lowest BCUT2D eigenvalue weighted by molar-refractivity contribution is -0.149. The molecule has 1 aliphatic heterocycles. The van der Waals surface area contributed by atoms with Gasteiger partial charge in [0.15, 0.2) is 0 Å². The summed E-state index contributed by atoms with van der Waals surface area (Å²) < 4.78 is 10.3. The molecule has 1 fully saturated rings. The third-order valence-corrected chi connectivity index (χ3v) is 2.73. The molecule has 0 unspecified atom stereocenters. The Morgan fingerprint density at radius 1 is 1.41 bits per heavy atom. The van der Waals surface area contributed by atoms with E-state index in [0.717, 1.165) is 19.4 Å². The molecule has 0 aromatic rings. The Morgan fingerprint density at radius 3 is 2.71 bits per heavy atom. The number of hydrogen-bond acceptors (Lipinski definition) is 4. The number of esters is 1. The molecular formula is C12H21NO4. The lowest BCUT2D eigenvalue weighted by Gasteiger charge is -2.24. The van der Waals surface area contributed by atoms with Crippen molar-refractivity contribution in [3.05, 3.63) is 0 Å². The molecule has 0 bridgehead atoms. The van der Waals surface area contributed by atoms with E-state index in [1.165, 1.54) is 4.90 Å². The van der Waals surface area contributed by atoms with Crippen LogP contribution < -0.4 is 0 Å². The van der Waals surface area contributed by atoms with Gasteiger partial charge in [-0.05, 0) is 19.8 Å². The van der Waals surface area contributed by atoms with Crippen molar-refractivity contribution in [2.24, 2.45) is 0 Å². The Labute approximate surface area is 102 Å². The first-order valence-electron chi connectivity index (χ1n) is 6.22. The van der Waals surface area contributed by atoms with E-state index in [9.17, 15) is 9.59 Å². The Balaban J connectivity index is 2.47. The fraction of sp³-hybridized carbons (Fsp3) is 0.833. The van der Waals surface area contributed by atoms with E-state index in [1.54, 1.807) is 13.8 Å². The highest BCUT2D eigenvalue weighted by Gasteiger charge is 2.23. The molecule has 17 heavy (non-hydrogen) atoms. The van der Waals surface area contributed by atoms with Crippen LogP contribution in [0, 0.1) is 0 Å². The van der Waals surface area contributed by atoms with Gasteiger partial charge in [0.2, 0.25) is 5.91 Å². The quantitative estimate of drug-likeness (QED) is 0.652. The van der Waals surface area contributed by atoms with Crippen LogP contribution in [0.1, 0.15) is 33.1 Å². The smallest absolute Gasteiger partial charge is 0.325 e. The molecule has 0 aromatic heterocycles. The minimum absolute atomic E-state index is 0.0281. The number of hydrogen-bond donors (Lipinski definition) is 0. The molecule has 1 heterocycles. The van der Waals surface area contributed by atoms with Crippen LogP contribution in [0.3, 0.4) is 0 Å². The molecule has 0 saturated carbocycles. The normalized spacial score (nSPS) is 19.1. The van der Waals surface area contributed by atoms with Crippen LogP contribution in [-0.2, 0) is 19.1 Å². The molecule has 1 saturated heterocycles. The summed E-state index contributed by atoms with van der Waals surface area (Å²) in [5.41, 5.74) is 0. The topological polar surface area (TPSA) is 55.8 Å². The van der Waals surface area contributed by atoms with E-state index in [1.807, 2.05) is 0 Å². The van der Waals surface area contributed by atoms with Crippen molar-refractivity contribution < 1.29 is 19.1 Å². The van der Waals surface area contributed by atoms with Gasteiger partial charge < -0.3 is 14.4 Å². The molecule has 0 spiro atoms. The van der Waals surface area contributed by atoms with Gasteiger partial charge in [0.25, 0.3) is 0 Å². The molecule has 0 aromatic carbocycles. The predicted molar refractivity (Wildman–Crippen MR) is 62.5 cm³/mol. The fourth-order valence-electron chi connectivity index (χ4n) is 1.87. The third kappa shape index (κ3) is 4.73. The van der Waals surface area contributed by atoms with E-state index in [2.05, 4.69) is 0 Å². The van der Waals surface area contributed by atoms with Crippen molar-refractivity contribution in [3.63, 3.8) is 0 Å². The summed E-state index contributed by atoms with van der Waals surface area (Å²) in [5.74, 6) is -0.388. The first-order chi connectivity index (χ1) is 8.17. The first-order valence-corrected chi connectivity index (χ1v) is 6.22. The highest BCUT2D eigenvalue weighted by molar-refractivity contribution is 5.81. The van der Waals surface area contributed by atoms with Gasteiger partial charge in [-0.25, -0.2) is 0 Å². The van der Waals surface area contributed by atoms with Crippen LogP contribution in [0.15, 0.2) is 0 Å². The average molecular weight is 243 g/mol. The van der Waals surface area contributed by atoms with Crippen molar-refractivity contribution in [2.45, 2.75) is 39.2 Å². The molecule has 1 atom stereocenters. The summed E-state index contributed by atoms with van der Waals surface area (Å²) in [6.07, 6.45) is 2.45. The first kappa shape index (κ1) is 14.0.